The first kappa shape index (κ1) is 7.57. The standard InChI is InChI=1S/C12H15N/c1-2-4-10(5-3-1)11-6-7-12(13-11)8-9-12/h1-5,11,13H,6-9H2. The molecule has 1 aliphatic carbocycles. The molecule has 1 N–H and O–H groups in total. The molecule has 3 rings (SSSR count). The SMILES string of the molecule is c1ccc(C2CCC3(CC3)N2)cc1. The largest absolute Gasteiger partial charge is 0.304 e. The lowest BCUT2D eigenvalue weighted by Crippen LogP contribution is -2.25. The second-order valence-electron chi connectivity index (χ2n) is 4.43. The first-order valence-electron chi connectivity index (χ1n) is 5.21. The maximum absolute atomic E-state index is 3.76. The third kappa shape index (κ3) is 1.28. The van der Waals surface area contributed by atoms with Gasteiger partial charge in [0.1, 0.15) is 0 Å². The fraction of sp³-hybridized carbons (Fsp3) is 0.500. The minimum absolute atomic E-state index is 0.570. The maximum atomic E-state index is 3.76. The van der Waals surface area contributed by atoms with E-state index in [4.69, 9.17) is 0 Å². The number of benzene rings is 1. The van der Waals surface area contributed by atoms with Crippen LogP contribution in [0.5, 0.6) is 0 Å². The van der Waals surface area contributed by atoms with Gasteiger partial charge in [0.25, 0.3) is 0 Å². The molecule has 1 nitrogen and oxygen atoms in total. The Morgan fingerprint density at radius 1 is 1.08 bits per heavy atom. The Bertz CT molecular complexity index is 300. The summed E-state index contributed by atoms with van der Waals surface area (Å²) in [6.07, 6.45) is 5.50. The van der Waals surface area contributed by atoms with E-state index in [-0.39, 0.29) is 0 Å². The van der Waals surface area contributed by atoms with Crippen molar-refractivity contribution in [1.82, 2.24) is 5.32 Å². The lowest BCUT2D eigenvalue weighted by molar-refractivity contribution is 0.544. The van der Waals surface area contributed by atoms with Gasteiger partial charge in [0, 0.05) is 11.6 Å². The van der Waals surface area contributed by atoms with Gasteiger partial charge >= 0.3 is 0 Å². The van der Waals surface area contributed by atoms with Crippen LogP contribution in [-0.2, 0) is 0 Å². The topological polar surface area (TPSA) is 12.0 Å². The molecule has 2 aliphatic rings. The van der Waals surface area contributed by atoms with Gasteiger partial charge in [-0.05, 0) is 31.2 Å². The Morgan fingerprint density at radius 2 is 1.85 bits per heavy atom. The zero-order valence-electron chi connectivity index (χ0n) is 7.79. The summed E-state index contributed by atoms with van der Waals surface area (Å²) in [6, 6.07) is 11.5. The van der Waals surface area contributed by atoms with Crippen LogP contribution >= 0.6 is 0 Å². The smallest absolute Gasteiger partial charge is 0.0325 e. The van der Waals surface area contributed by atoms with Crippen molar-refractivity contribution in [3.63, 3.8) is 0 Å². The zero-order chi connectivity index (χ0) is 8.73. The molecule has 0 bridgehead atoms. The second-order valence-corrected chi connectivity index (χ2v) is 4.43. The lowest BCUT2D eigenvalue weighted by Gasteiger charge is -2.12. The van der Waals surface area contributed by atoms with Crippen molar-refractivity contribution in [1.29, 1.82) is 0 Å². The highest BCUT2D eigenvalue weighted by Gasteiger charge is 2.47. The minimum Gasteiger partial charge on any atom is -0.304 e. The molecule has 1 spiro atoms. The molecule has 1 unspecified atom stereocenters. The van der Waals surface area contributed by atoms with Crippen LogP contribution in [0, 0.1) is 0 Å². The number of nitrogens with one attached hydrogen (secondary N) is 1. The van der Waals surface area contributed by atoms with Crippen LogP contribution in [0.15, 0.2) is 30.3 Å². The molecule has 1 aromatic rings. The highest BCUT2D eigenvalue weighted by Crippen LogP contribution is 2.48. The van der Waals surface area contributed by atoms with Crippen molar-refractivity contribution < 1.29 is 0 Å². The average Bonchev–Trinajstić information content (AvgIpc) is 2.78. The normalized spacial score (nSPS) is 29.4. The third-order valence-electron chi connectivity index (χ3n) is 3.45. The molecule has 0 aromatic heterocycles. The van der Waals surface area contributed by atoms with E-state index in [1.165, 1.54) is 31.2 Å². The molecule has 1 saturated heterocycles. The Kier molecular flexibility index (Phi) is 1.50. The van der Waals surface area contributed by atoms with Crippen LogP contribution in [0.4, 0.5) is 0 Å². The quantitative estimate of drug-likeness (QED) is 0.688. The molecule has 1 heteroatoms. The molecule has 13 heavy (non-hydrogen) atoms. The molecule has 0 amide bonds. The summed E-state index contributed by atoms with van der Waals surface area (Å²) >= 11 is 0. The van der Waals surface area contributed by atoms with Gasteiger partial charge in [-0.3, -0.25) is 0 Å². The molecule has 68 valence electrons. The molecule has 1 atom stereocenters. The van der Waals surface area contributed by atoms with Crippen LogP contribution in [0.25, 0.3) is 0 Å². The van der Waals surface area contributed by atoms with Gasteiger partial charge in [-0.1, -0.05) is 30.3 Å². The average molecular weight is 173 g/mol. The van der Waals surface area contributed by atoms with E-state index in [0.29, 0.717) is 11.6 Å². The zero-order valence-corrected chi connectivity index (χ0v) is 7.79. The monoisotopic (exact) mass is 173 g/mol. The molecular weight excluding hydrogens is 158 g/mol. The Hall–Kier alpha value is -0.820. The predicted octanol–water partition coefficient (Wildman–Crippen LogP) is 2.64. The van der Waals surface area contributed by atoms with Crippen molar-refractivity contribution in [3.8, 4) is 0 Å². The summed E-state index contributed by atoms with van der Waals surface area (Å²) in [7, 11) is 0. The van der Waals surface area contributed by atoms with Crippen molar-refractivity contribution in [2.45, 2.75) is 37.3 Å². The number of rotatable bonds is 1. The maximum Gasteiger partial charge on any atom is 0.0325 e. The summed E-state index contributed by atoms with van der Waals surface area (Å²) in [4.78, 5) is 0. The first-order valence-corrected chi connectivity index (χ1v) is 5.21. The Morgan fingerprint density at radius 3 is 2.46 bits per heavy atom. The molecule has 1 heterocycles. The summed E-state index contributed by atoms with van der Waals surface area (Å²) in [5.41, 5.74) is 2.03. The Labute approximate surface area is 79.2 Å². The molecule has 1 saturated carbocycles. The Balaban J connectivity index is 1.80. The number of hydrogen-bond acceptors (Lipinski definition) is 1. The van der Waals surface area contributed by atoms with Crippen LogP contribution in [0.3, 0.4) is 0 Å². The van der Waals surface area contributed by atoms with E-state index in [1.54, 1.807) is 0 Å². The van der Waals surface area contributed by atoms with Crippen LogP contribution in [0.2, 0.25) is 0 Å². The molecule has 1 aliphatic heterocycles. The third-order valence-corrected chi connectivity index (χ3v) is 3.45. The summed E-state index contributed by atoms with van der Waals surface area (Å²) in [5, 5.41) is 3.76. The second kappa shape index (κ2) is 2.58. The molecule has 0 radical (unpaired) electrons. The fourth-order valence-electron chi connectivity index (χ4n) is 2.42. The van der Waals surface area contributed by atoms with Crippen LogP contribution < -0.4 is 5.32 Å². The van der Waals surface area contributed by atoms with Crippen molar-refractivity contribution >= 4 is 0 Å². The highest BCUT2D eigenvalue weighted by molar-refractivity contribution is 5.23. The van der Waals surface area contributed by atoms with Gasteiger partial charge in [-0.15, -0.1) is 0 Å². The van der Waals surface area contributed by atoms with E-state index in [9.17, 15) is 0 Å². The van der Waals surface area contributed by atoms with E-state index < -0.39 is 0 Å². The molecule has 2 fully saturated rings. The van der Waals surface area contributed by atoms with Gasteiger partial charge in [0.05, 0.1) is 0 Å². The number of hydrogen-bond donors (Lipinski definition) is 1. The van der Waals surface area contributed by atoms with E-state index in [1.807, 2.05) is 0 Å². The van der Waals surface area contributed by atoms with Crippen LogP contribution in [-0.4, -0.2) is 5.54 Å². The van der Waals surface area contributed by atoms with Crippen molar-refractivity contribution in [2.24, 2.45) is 0 Å². The molecular formula is C12H15N. The van der Waals surface area contributed by atoms with Crippen LogP contribution in [0.1, 0.15) is 37.3 Å². The fourth-order valence-corrected chi connectivity index (χ4v) is 2.42. The molecule has 1 aromatic carbocycles. The van der Waals surface area contributed by atoms with Crippen molar-refractivity contribution in [2.75, 3.05) is 0 Å². The summed E-state index contributed by atoms with van der Waals surface area (Å²) < 4.78 is 0. The predicted molar refractivity (Wildman–Crippen MR) is 53.5 cm³/mol. The van der Waals surface area contributed by atoms with Gasteiger partial charge < -0.3 is 5.32 Å². The first-order chi connectivity index (χ1) is 6.38. The summed E-state index contributed by atoms with van der Waals surface area (Å²) in [5.74, 6) is 0. The highest BCUT2D eigenvalue weighted by atomic mass is 15.1. The van der Waals surface area contributed by atoms with Gasteiger partial charge in [0.2, 0.25) is 0 Å². The van der Waals surface area contributed by atoms with Gasteiger partial charge in [-0.2, -0.15) is 0 Å². The lowest BCUT2D eigenvalue weighted by atomic mass is 10.1. The van der Waals surface area contributed by atoms with E-state index in [2.05, 4.69) is 35.6 Å². The van der Waals surface area contributed by atoms with Crippen molar-refractivity contribution in [3.05, 3.63) is 35.9 Å². The minimum atomic E-state index is 0.570. The van der Waals surface area contributed by atoms with E-state index in [0.717, 1.165) is 0 Å². The van der Waals surface area contributed by atoms with E-state index >= 15 is 0 Å². The van der Waals surface area contributed by atoms with Gasteiger partial charge in [0.15, 0.2) is 0 Å². The van der Waals surface area contributed by atoms with Gasteiger partial charge in [-0.25, -0.2) is 0 Å². The summed E-state index contributed by atoms with van der Waals surface area (Å²) in [6.45, 7) is 0.